The van der Waals surface area contributed by atoms with Crippen LogP contribution in [0, 0.1) is 6.92 Å². The SMILES string of the molecule is Cc1cc(Cl)ccc1N(CC(=O)Nc1ccc2c(c1)OCCO2)S(C)(=O)=O. The maximum absolute atomic E-state index is 12.5. The molecule has 1 amide bonds. The van der Waals surface area contributed by atoms with Crippen molar-refractivity contribution in [1.29, 1.82) is 0 Å². The Bertz CT molecular complexity index is 978. The van der Waals surface area contributed by atoms with E-state index in [1.165, 1.54) is 0 Å². The van der Waals surface area contributed by atoms with Crippen LogP contribution < -0.4 is 19.1 Å². The molecular formula is C18H19ClN2O5S. The van der Waals surface area contributed by atoms with Crippen LogP contribution in [0.3, 0.4) is 0 Å². The van der Waals surface area contributed by atoms with E-state index in [0.717, 1.165) is 10.6 Å². The van der Waals surface area contributed by atoms with Gasteiger partial charge in [-0.2, -0.15) is 0 Å². The van der Waals surface area contributed by atoms with Gasteiger partial charge in [0.05, 0.1) is 11.9 Å². The van der Waals surface area contributed by atoms with Crippen molar-refractivity contribution < 1.29 is 22.7 Å². The molecule has 0 aliphatic carbocycles. The van der Waals surface area contributed by atoms with E-state index in [2.05, 4.69) is 5.32 Å². The van der Waals surface area contributed by atoms with Crippen LogP contribution in [0.25, 0.3) is 0 Å². The normalized spacial score (nSPS) is 13.1. The van der Waals surface area contributed by atoms with Crippen LogP contribution in [0.4, 0.5) is 11.4 Å². The largest absolute Gasteiger partial charge is 0.486 e. The lowest BCUT2D eigenvalue weighted by atomic mass is 10.2. The maximum Gasteiger partial charge on any atom is 0.245 e. The van der Waals surface area contributed by atoms with Gasteiger partial charge in [0.15, 0.2) is 11.5 Å². The highest BCUT2D eigenvalue weighted by molar-refractivity contribution is 7.92. The smallest absolute Gasteiger partial charge is 0.245 e. The summed E-state index contributed by atoms with van der Waals surface area (Å²) in [5, 5.41) is 3.18. The van der Waals surface area contributed by atoms with E-state index in [4.69, 9.17) is 21.1 Å². The fourth-order valence-corrected chi connectivity index (χ4v) is 3.87. The average molecular weight is 411 g/mol. The third kappa shape index (κ3) is 4.64. The Labute approximate surface area is 162 Å². The number of fused-ring (bicyclic) bond motifs is 1. The molecule has 0 unspecified atom stereocenters. The summed E-state index contributed by atoms with van der Waals surface area (Å²) in [5.41, 5.74) is 1.55. The summed E-state index contributed by atoms with van der Waals surface area (Å²) in [4.78, 5) is 12.5. The monoisotopic (exact) mass is 410 g/mol. The van der Waals surface area contributed by atoms with Gasteiger partial charge in [0, 0.05) is 16.8 Å². The molecule has 0 saturated carbocycles. The van der Waals surface area contributed by atoms with Gasteiger partial charge < -0.3 is 14.8 Å². The predicted octanol–water partition coefficient (Wildman–Crippen LogP) is 2.82. The Morgan fingerprint density at radius 2 is 1.85 bits per heavy atom. The molecule has 1 N–H and O–H groups in total. The summed E-state index contributed by atoms with van der Waals surface area (Å²) in [6, 6.07) is 9.82. The Morgan fingerprint density at radius 1 is 1.15 bits per heavy atom. The molecule has 1 aliphatic heterocycles. The lowest BCUT2D eigenvalue weighted by Crippen LogP contribution is -2.37. The number of ether oxygens (including phenoxy) is 2. The molecule has 0 spiro atoms. The number of halogens is 1. The number of benzene rings is 2. The lowest BCUT2D eigenvalue weighted by molar-refractivity contribution is -0.114. The Balaban J connectivity index is 1.79. The van der Waals surface area contributed by atoms with Crippen molar-refractivity contribution in [2.45, 2.75) is 6.92 Å². The fraction of sp³-hybridized carbons (Fsp3) is 0.278. The Morgan fingerprint density at radius 3 is 2.52 bits per heavy atom. The van der Waals surface area contributed by atoms with Crippen molar-refractivity contribution in [2.75, 3.05) is 35.6 Å². The summed E-state index contributed by atoms with van der Waals surface area (Å²) in [6.45, 7) is 2.28. The van der Waals surface area contributed by atoms with Crippen molar-refractivity contribution >= 4 is 38.9 Å². The van der Waals surface area contributed by atoms with Gasteiger partial charge in [-0.15, -0.1) is 0 Å². The summed E-state index contributed by atoms with van der Waals surface area (Å²) >= 11 is 5.94. The maximum atomic E-state index is 12.5. The first-order chi connectivity index (χ1) is 12.7. The molecule has 144 valence electrons. The van der Waals surface area contributed by atoms with Gasteiger partial charge in [0.2, 0.25) is 15.9 Å². The molecule has 9 heteroatoms. The minimum atomic E-state index is -3.67. The molecule has 0 aromatic heterocycles. The highest BCUT2D eigenvalue weighted by Gasteiger charge is 2.23. The number of carbonyl (C=O) groups excluding carboxylic acids is 1. The van der Waals surface area contributed by atoms with Crippen molar-refractivity contribution in [3.8, 4) is 11.5 Å². The van der Waals surface area contributed by atoms with Crippen LogP contribution in [0.5, 0.6) is 11.5 Å². The fourth-order valence-electron chi connectivity index (χ4n) is 2.73. The number of hydrogen-bond acceptors (Lipinski definition) is 5. The highest BCUT2D eigenvalue weighted by atomic mass is 35.5. The topological polar surface area (TPSA) is 84.9 Å². The molecule has 0 saturated heterocycles. The molecule has 0 bridgehead atoms. The van der Waals surface area contributed by atoms with Crippen molar-refractivity contribution in [1.82, 2.24) is 0 Å². The van der Waals surface area contributed by atoms with E-state index < -0.39 is 15.9 Å². The second-order valence-corrected chi connectivity index (χ2v) is 8.45. The van der Waals surface area contributed by atoms with Crippen LogP contribution in [0.15, 0.2) is 36.4 Å². The van der Waals surface area contributed by atoms with Gasteiger partial charge in [0.25, 0.3) is 0 Å². The first-order valence-electron chi connectivity index (χ1n) is 8.17. The second kappa shape index (κ2) is 7.66. The second-order valence-electron chi connectivity index (χ2n) is 6.11. The van der Waals surface area contributed by atoms with Gasteiger partial charge in [0.1, 0.15) is 19.8 Å². The molecule has 3 rings (SSSR count). The van der Waals surface area contributed by atoms with E-state index >= 15 is 0 Å². The van der Waals surface area contributed by atoms with E-state index in [1.54, 1.807) is 43.3 Å². The molecule has 27 heavy (non-hydrogen) atoms. The Hall–Kier alpha value is -2.45. The first-order valence-corrected chi connectivity index (χ1v) is 10.4. The molecule has 1 aliphatic rings. The minimum absolute atomic E-state index is 0.365. The van der Waals surface area contributed by atoms with Crippen molar-refractivity contribution in [2.24, 2.45) is 0 Å². The molecule has 1 heterocycles. The molecule has 0 atom stereocenters. The van der Waals surface area contributed by atoms with Crippen LogP contribution in [0.1, 0.15) is 5.56 Å². The highest BCUT2D eigenvalue weighted by Crippen LogP contribution is 2.32. The summed E-state index contributed by atoms with van der Waals surface area (Å²) in [5.74, 6) is 0.660. The zero-order valence-electron chi connectivity index (χ0n) is 14.9. The number of nitrogens with one attached hydrogen (secondary N) is 1. The van der Waals surface area contributed by atoms with Crippen molar-refractivity contribution in [3.05, 3.63) is 47.0 Å². The van der Waals surface area contributed by atoms with Crippen LogP contribution in [-0.4, -0.2) is 40.3 Å². The zero-order valence-corrected chi connectivity index (χ0v) is 16.4. The number of sulfonamides is 1. The predicted molar refractivity (Wildman–Crippen MR) is 104 cm³/mol. The van der Waals surface area contributed by atoms with Gasteiger partial charge in [-0.25, -0.2) is 8.42 Å². The number of aryl methyl sites for hydroxylation is 1. The van der Waals surface area contributed by atoms with E-state index in [9.17, 15) is 13.2 Å². The standard InChI is InChI=1S/C18H19ClN2O5S/c1-12-9-13(19)3-5-15(12)21(27(2,23)24)11-18(22)20-14-4-6-16-17(10-14)26-8-7-25-16/h3-6,9-10H,7-8,11H2,1-2H3,(H,20,22). The lowest BCUT2D eigenvalue weighted by Gasteiger charge is -2.24. The quantitative estimate of drug-likeness (QED) is 0.819. The number of nitrogens with zero attached hydrogens (tertiary/aromatic N) is 1. The molecule has 7 nitrogen and oxygen atoms in total. The third-order valence-corrected chi connectivity index (χ3v) is 5.30. The van der Waals surface area contributed by atoms with E-state index in [-0.39, 0.29) is 6.54 Å². The van der Waals surface area contributed by atoms with Crippen LogP contribution in [-0.2, 0) is 14.8 Å². The number of amides is 1. The van der Waals surface area contributed by atoms with Crippen LogP contribution in [0.2, 0.25) is 5.02 Å². The van der Waals surface area contributed by atoms with Crippen molar-refractivity contribution in [3.63, 3.8) is 0 Å². The number of rotatable bonds is 5. The summed E-state index contributed by atoms with van der Waals surface area (Å²) in [6.07, 6.45) is 1.05. The molecular weight excluding hydrogens is 392 g/mol. The first kappa shape index (κ1) is 19.3. The molecule has 2 aromatic carbocycles. The molecule has 0 radical (unpaired) electrons. The third-order valence-electron chi connectivity index (χ3n) is 3.94. The zero-order chi connectivity index (χ0) is 19.6. The van der Waals surface area contributed by atoms with Gasteiger partial charge >= 0.3 is 0 Å². The van der Waals surface area contributed by atoms with Gasteiger partial charge in [-0.3, -0.25) is 9.10 Å². The molecule has 2 aromatic rings. The Kier molecular flexibility index (Phi) is 5.48. The van der Waals surface area contributed by atoms with E-state index in [1.807, 2.05) is 0 Å². The number of anilines is 2. The van der Waals surface area contributed by atoms with Crippen LogP contribution >= 0.6 is 11.6 Å². The summed E-state index contributed by atoms with van der Waals surface area (Å²) < 4.78 is 36.4. The summed E-state index contributed by atoms with van der Waals surface area (Å²) in [7, 11) is -3.67. The van der Waals surface area contributed by atoms with Gasteiger partial charge in [-0.05, 0) is 42.8 Å². The number of carbonyl (C=O) groups is 1. The minimum Gasteiger partial charge on any atom is -0.486 e. The molecule has 0 fully saturated rings. The average Bonchev–Trinajstić information content (AvgIpc) is 2.59. The number of hydrogen-bond donors (Lipinski definition) is 1. The van der Waals surface area contributed by atoms with E-state index in [0.29, 0.717) is 46.7 Å². The van der Waals surface area contributed by atoms with Gasteiger partial charge in [-0.1, -0.05) is 11.6 Å².